The number of rotatable bonds is 3. The molecule has 13 rings (SSSR count). The number of fused-ring (bicyclic) bond motifs is 4. The van der Waals surface area contributed by atoms with Gasteiger partial charge in [-0.25, -0.2) is 0 Å². The van der Waals surface area contributed by atoms with Gasteiger partial charge in [0, 0.05) is 10.8 Å². The Morgan fingerprint density at radius 3 is 1.47 bits per heavy atom. The molecular weight excluding hydrogens is 697 g/mol. The monoisotopic (exact) mass is 740 g/mol. The van der Waals surface area contributed by atoms with E-state index in [0.717, 1.165) is 25.7 Å². The summed E-state index contributed by atoms with van der Waals surface area (Å²) in [5.74, 6) is 0. The fourth-order valence-corrected chi connectivity index (χ4v) is 12.2. The van der Waals surface area contributed by atoms with Crippen LogP contribution in [0.25, 0.3) is 89.4 Å². The van der Waals surface area contributed by atoms with Crippen molar-refractivity contribution < 1.29 is 0 Å². The second kappa shape index (κ2) is 11.2. The Morgan fingerprint density at radius 1 is 0.414 bits per heavy atom. The van der Waals surface area contributed by atoms with Crippen LogP contribution < -0.4 is 0 Å². The molecule has 276 valence electrons. The zero-order valence-electron chi connectivity index (χ0n) is 33.7. The summed E-state index contributed by atoms with van der Waals surface area (Å²) in [5, 5.41) is 5.67. The Hall–Kier alpha value is -6.24. The minimum Gasteiger partial charge on any atom is -0.0795 e. The largest absolute Gasteiger partial charge is 0.0795 e. The molecule has 7 aromatic carbocycles. The molecular formula is C58H44. The van der Waals surface area contributed by atoms with Crippen LogP contribution in [0.2, 0.25) is 0 Å². The molecule has 0 radical (unpaired) electrons. The van der Waals surface area contributed by atoms with Gasteiger partial charge in [0.15, 0.2) is 0 Å². The van der Waals surface area contributed by atoms with Crippen LogP contribution in [-0.2, 0) is 23.7 Å². The molecule has 0 aliphatic heterocycles. The average molecular weight is 741 g/mol. The van der Waals surface area contributed by atoms with E-state index in [-0.39, 0.29) is 10.8 Å². The van der Waals surface area contributed by atoms with Crippen molar-refractivity contribution in [2.24, 2.45) is 0 Å². The second-order valence-electron chi connectivity index (χ2n) is 18.6. The number of hydrogen-bond acceptors (Lipinski definition) is 0. The van der Waals surface area contributed by atoms with Crippen molar-refractivity contribution in [3.63, 3.8) is 0 Å². The van der Waals surface area contributed by atoms with Gasteiger partial charge >= 0.3 is 0 Å². The molecule has 0 nitrogen and oxygen atoms in total. The molecule has 0 unspecified atom stereocenters. The zero-order valence-corrected chi connectivity index (χ0v) is 33.7. The molecule has 0 spiro atoms. The Labute approximate surface area is 341 Å². The van der Waals surface area contributed by atoms with Crippen LogP contribution in [0.15, 0.2) is 133 Å². The lowest BCUT2D eigenvalue weighted by atomic mass is 9.74. The fraction of sp³-hybridized carbons (Fsp3) is 0.172. The van der Waals surface area contributed by atoms with Crippen LogP contribution in [0.5, 0.6) is 0 Å². The second-order valence-corrected chi connectivity index (χ2v) is 18.6. The van der Waals surface area contributed by atoms with Gasteiger partial charge in [0.2, 0.25) is 0 Å². The van der Waals surface area contributed by atoms with E-state index in [4.69, 9.17) is 0 Å². The van der Waals surface area contributed by atoms with E-state index in [2.05, 4.69) is 173 Å². The predicted molar refractivity (Wildman–Crippen MR) is 248 cm³/mol. The van der Waals surface area contributed by atoms with E-state index in [1.165, 1.54) is 133 Å². The fourth-order valence-electron chi connectivity index (χ4n) is 12.2. The molecule has 0 saturated heterocycles. The Morgan fingerprint density at radius 2 is 0.897 bits per heavy atom. The summed E-state index contributed by atoms with van der Waals surface area (Å²) < 4.78 is 0. The number of hydrogen-bond donors (Lipinski definition) is 0. The first-order valence-corrected chi connectivity index (χ1v) is 21.3. The number of benzene rings is 7. The quantitative estimate of drug-likeness (QED) is 0.169. The molecule has 0 heterocycles. The maximum absolute atomic E-state index is 2.53. The average Bonchev–Trinajstić information content (AvgIpc) is 3.65. The van der Waals surface area contributed by atoms with Crippen molar-refractivity contribution in [1.29, 1.82) is 0 Å². The van der Waals surface area contributed by atoms with Gasteiger partial charge in [0.1, 0.15) is 0 Å². The standard InChI is InChI=1S/C58H44/c1-57(2)49-31-39(41-13-5-6-14-43(41)44-26-20-38-18-16-34-10-8-12-36-22-28-46(44)54(38)52(34)36)23-29-47(49)55-56(57)48-30-24-40(32-50(48)58(55,3)4)42-25-19-37-17-15-33-9-7-11-35-21-27-45(42)53(37)51(33)35/h5-8,11-16,19-32H,9-10,17-18H2,1-4H3. The summed E-state index contributed by atoms with van der Waals surface area (Å²) in [6.07, 6.45) is 18.3. The van der Waals surface area contributed by atoms with Crippen LogP contribution in [0, 0.1) is 0 Å². The molecule has 6 aliphatic carbocycles. The molecule has 0 amide bonds. The van der Waals surface area contributed by atoms with Crippen molar-refractivity contribution in [3.05, 3.63) is 189 Å². The van der Waals surface area contributed by atoms with E-state index in [9.17, 15) is 0 Å². The summed E-state index contributed by atoms with van der Waals surface area (Å²) in [7, 11) is 0. The van der Waals surface area contributed by atoms with E-state index in [0.29, 0.717) is 0 Å². The molecule has 0 fully saturated rings. The molecule has 0 aromatic heterocycles. The molecule has 6 aliphatic rings. The van der Waals surface area contributed by atoms with Crippen LogP contribution in [0.4, 0.5) is 0 Å². The highest BCUT2D eigenvalue weighted by atomic mass is 14.5. The number of allylic oxidation sites excluding steroid dienone is 8. The van der Waals surface area contributed by atoms with Crippen molar-refractivity contribution in [2.45, 2.75) is 64.2 Å². The summed E-state index contributed by atoms with van der Waals surface area (Å²) >= 11 is 0. The molecule has 0 atom stereocenters. The van der Waals surface area contributed by atoms with Crippen molar-refractivity contribution in [2.75, 3.05) is 0 Å². The lowest BCUT2D eigenvalue weighted by Gasteiger charge is -2.29. The van der Waals surface area contributed by atoms with Gasteiger partial charge in [-0.05, 0) is 171 Å². The topological polar surface area (TPSA) is 0 Å². The van der Waals surface area contributed by atoms with Gasteiger partial charge in [0.05, 0.1) is 0 Å². The highest BCUT2D eigenvalue weighted by Gasteiger charge is 2.50. The van der Waals surface area contributed by atoms with Crippen LogP contribution in [0.1, 0.15) is 96.2 Å². The first-order valence-electron chi connectivity index (χ1n) is 21.3. The van der Waals surface area contributed by atoms with Gasteiger partial charge in [-0.1, -0.05) is 161 Å². The van der Waals surface area contributed by atoms with Gasteiger partial charge in [-0.3, -0.25) is 0 Å². The zero-order chi connectivity index (χ0) is 38.7. The van der Waals surface area contributed by atoms with Crippen LogP contribution >= 0.6 is 0 Å². The molecule has 0 N–H and O–H groups in total. The van der Waals surface area contributed by atoms with Crippen molar-refractivity contribution in [1.82, 2.24) is 0 Å². The maximum Gasteiger partial charge on any atom is 0.0162 e. The molecule has 0 heteroatoms. The lowest BCUT2D eigenvalue weighted by Crippen LogP contribution is -2.19. The first-order chi connectivity index (χ1) is 28.3. The summed E-state index contributed by atoms with van der Waals surface area (Å²) in [5.41, 5.74) is 27.9. The van der Waals surface area contributed by atoms with Gasteiger partial charge in [-0.15, -0.1) is 0 Å². The smallest absolute Gasteiger partial charge is 0.0162 e. The molecule has 58 heavy (non-hydrogen) atoms. The third-order valence-corrected chi connectivity index (χ3v) is 14.9. The summed E-state index contributed by atoms with van der Waals surface area (Å²) in [6.45, 7) is 9.85. The SMILES string of the molecule is CC1(C)C2=C(c3ccc(-c4ccccc4-c4ccc5c6c7c(ccc46)C=CCC7=CC5)cc31)C(C)(C)c1cc(-c3ccc4c5c6c(ccc35)C=CCC6=CC4)ccc12. The minimum atomic E-state index is -0.138. The lowest BCUT2D eigenvalue weighted by molar-refractivity contribution is 0.694. The predicted octanol–water partition coefficient (Wildman–Crippen LogP) is 15.2. The van der Waals surface area contributed by atoms with Gasteiger partial charge in [-0.2, -0.15) is 0 Å². The Kier molecular flexibility index (Phi) is 6.36. The minimum absolute atomic E-state index is 0.128. The first kappa shape index (κ1) is 32.8. The third-order valence-electron chi connectivity index (χ3n) is 14.9. The molecule has 0 bridgehead atoms. The summed E-state index contributed by atoms with van der Waals surface area (Å²) in [4.78, 5) is 0. The van der Waals surface area contributed by atoms with Crippen LogP contribution in [-0.4, -0.2) is 0 Å². The van der Waals surface area contributed by atoms with Gasteiger partial charge < -0.3 is 0 Å². The Bertz CT molecular complexity index is 3250. The third kappa shape index (κ3) is 4.15. The molecule has 7 aromatic rings. The van der Waals surface area contributed by atoms with Crippen molar-refractivity contribution >= 4 is 56.0 Å². The maximum atomic E-state index is 2.53. The molecule has 0 saturated carbocycles. The van der Waals surface area contributed by atoms with E-state index in [1.807, 2.05) is 0 Å². The van der Waals surface area contributed by atoms with E-state index in [1.54, 1.807) is 0 Å². The van der Waals surface area contributed by atoms with Crippen molar-refractivity contribution in [3.8, 4) is 33.4 Å². The van der Waals surface area contributed by atoms with E-state index >= 15 is 0 Å². The highest BCUT2D eigenvalue weighted by Crippen LogP contribution is 2.63. The van der Waals surface area contributed by atoms with Gasteiger partial charge in [0.25, 0.3) is 0 Å². The van der Waals surface area contributed by atoms with Crippen LogP contribution in [0.3, 0.4) is 0 Å². The normalized spacial score (nSPS) is 18.0. The highest BCUT2D eigenvalue weighted by molar-refractivity contribution is 6.13. The summed E-state index contributed by atoms with van der Waals surface area (Å²) in [6, 6.07) is 42.8. The van der Waals surface area contributed by atoms with E-state index < -0.39 is 0 Å². The Balaban J connectivity index is 0.912.